The highest BCUT2D eigenvalue weighted by atomic mass is 16.2. The van der Waals surface area contributed by atoms with Crippen molar-refractivity contribution in [1.82, 2.24) is 49.3 Å². The van der Waals surface area contributed by atoms with E-state index in [4.69, 9.17) is 9.97 Å². The standard InChI is InChI=1S/C51H86N10O4.C2H6/c1-13-59-39(11)37(9)55-47(59)31-41-16-22-57(23-17-41)50(64)44(27-33(4)5)60-24-19-53-43(49(60)63)28-34(6)35(7)29-45(61-25-18-52-42(48(61)62)26-32(2)3)51(65)58-20-14-40(15-21-58)30-46-54-36(8)38(10)56(46)12;1-2/h32-35,40-45,52-53H,13-31H2,1-12H3;1-2H3/t34?,35?,42?,43?,44-,45-;/m0./s1. The van der Waals surface area contributed by atoms with Crippen molar-refractivity contribution in [1.29, 1.82) is 0 Å². The SMILES string of the molecule is CC.CCn1c(CC2CCN(C(=O)[C@H](CC(C)C)N3CCNC(CC(C)C(C)C[C@@H](C(=O)N4CCC(Cc5nc(C)c(C)n5C)CC4)N4CCNC(CC(C)C)C4=O)C3=O)CC2)nc(C)c1C. The molecule has 0 bridgehead atoms. The Kier molecular flexibility index (Phi) is 19.9. The number of carbonyl (C=O) groups is 4. The molecule has 6 heterocycles. The first-order chi connectivity index (χ1) is 31.9. The molecule has 67 heavy (non-hydrogen) atoms. The van der Waals surface area contributed by atoms with Crippen LogP contribution in [0.1, 0.15) is 148 Å². The van der Waals surface area contributed by atoms with Crippen molar-refractivity contribution in [2.24, 2.45) is 42.6 Å². The van der Waals surface area contributed by atoms with Crippen LogP contribution in [0.15, 0.2) is 0 Å². The highest BCUT2D eigenvalue weighted by molar-refractivity contribution is 5.91. The summed E-state index contributed by atoms with van der Waals surface area (Å²) in [6, 6.07) is -1.76. The number of carbonyl (C=O) groups excluding carboxylic acids is 4. The van der Waals surface area contributed by atoms with E-state index in [1.165, 1.54) is 11.4 Å². The van der Waals surface area contributed by atoms with Crippen LogP contribution < -0.4 is 10.6 Å². The normalized spacial score (nSPS) is 22.0. The molecule has 6 atom stereocenters. The average molecular weight is 933 g/mol. The lowest BCUT2D eigenvalue weighted by Gasteiger charge is -2.43. The van der Waals surface area contributed by atoms with Gasteiger partial charge in [-0.3, -0.25) is 19.2 Å². The number of aromatic nitrogens is 4. The molecule has 0 aromatic carbocycles. The number of amides is 4. The molecule has 4 amide bonds. The minimum atomic E-state index is -0.557. The van der Waals surface area contributed by atoms with Crippen LogP contribution in [0.5, 0.6) is 0 Å². The summed E-state index contributed by atoms with van der Waals surface area (Å²) in [6.07, 6.45) is 8.04. The Morgan fingerprint density at radius 1 is 0.612 bits per heavy atom. The molecule has 2 aromatic rings. The first-order valence-electron chi connectivity index (χ1n) is 26.5. The van der Waals surface area contributed by atoms with Crippen molar-refractivity contribution < 1.29 is 19.2 Å². The maximum atomic E-state index is 14.8. The van der Waals surface area contributed by atoms with E-state index >= 15 is 0 Å². The first kappa shape index (κ1) is 54.2. The summed E-state index contributed by atoms with van der Waals surface area (Å²) in [5.74, 6) is 4.10. The minimum Gasteiger partial charge on any atom is -0.341 e. The number of imidazole rings is 2. The molecule has 4 saturated heterocycles. The van der Waals surface area contributed by atoms with Gasteiger partial charge in [-0.2, -0.15) is 0 Å². The van der Waals surface area contributed by atoms with Crippen LogP contribution in [0.3, 0.4) is 0 Å². The first-order valence-corrected chi connectivity index (χ1v) is 26.5. The fourth-order valence-electron chi connectivity index (χ4n) is 11.3. The van der Waals surface area contributed by atoms with E-state index in [1.54, 1.807) is 0 Å². The molecule has 6 rings (SSSR count). The third kappa shape index (κ3) is 13.3. The number of nitrogens with zero attached hydrogens (tertiary/aromatic N) is 8. The van der Waals surface area contributed by atoms with Gasteiger partial charge in [0.1, 0.15) is 23.7 Å². The number of piperazine rings is 2. The van der Waals surface area contributed by atoms with E-state index in [1.807, 2.05) is 33.4 Å². The number of likely N-dealkylation sites (tertiary alicyclic amines) is 2. The van der Waals surface area contributed by atoms with E-state index in [-0.39, 0.29) is 47.4 Å². The van der Waals surface area contributed by atoms with Crippen molar-refractivity contribution >= 4 is 23.6 Å². The summed E-state index contributed by atoms with van der Waals surface area (Å²) >= 11 is 0. The molecule has 14 heteroatoms. The van der Waals surface area contributed by atoms with Crippen molar-refractivity contribution in [2.45, 2.75) is 185 Å². The van der Waals surface area contributed by atoms with Crippen molar-refractivity contribution in [2.75, 3.05) is 52.4 Å². The van der Waals surface area contributed by atoms with Gasteiger partial charge in [0.15, 0.2) is 0 Å². The van der Waals surface area contributed by atoms with Gasteiger partial charge in [0.25, 0.3) is 0 Å². The van der Waals surface area contributed by atoms with Crippen LogP contribution in [0, 0.1) is 63.2 Å². The Bertz CT molecular complexity index is 1940. The summed E-state index contributed by atoms with van der Waals surface area (Å²) in [5, 5.41) is 6.97. The third-order valence-electron chi connectivity index (χ3n) is 15.9. The number of hydrogen-bond acceptors (Lipinski definition) is 8. The van der Waals surface area contributed by atoms with Gasteiger partial charge in [0.05, 0.1) is 23.5 Å². The van der Waals surface area contributed by atoms with Crippen LogP contribution in [0.4, 0.5) is 0 Å². The van der Waals surface area contributed by atoms with Crippen LogP contribution >= 0.6 is 0 Å². The molecule has 4 fully saturated rings. The Labute approximate surface area is 405 Å². The highest BCUT2D eigenvalue weighted by Crippen LogP contribution is 2.31. The molecule has 2 N–H and O–H groups in total. The Balaban J connectivity index is 0.00000414. The predicted octanol–water partition coefficient (Wildman–Crippen LogP) is 6.64. The molecule has 378 valence electrons. The fraction of sp³-hybridized carbons (Fsp3) is 0.811. The molecule has 4 aliphatic heterocycles. The number of piperidine rings is 2. The zero-order chi connectivity index (χ0) is 49.3. The van der Waals surface area contributed by atoms with Crippen molar-refractivity contribution in [3.05, 3.63) is 34.4 Å². The molecule has 2 aromatic heterocycles. The van der Waals surface area contributed by atoms with E-state index in [0.29, 0.717) is 89.4 Å². The lowest BCUT2D eigenvalue weighted by Crippen LogP contribution is -2.63. The quantitative estimate of drug-likeness (QED) is 0.170. The Morgan fingerprint density at radius 2 is 1.06 bits per heavy atom. The Morgan fingerprint density at radius 3 is 1.51 bits per heavy atom. The van der Waals surface area contributed by atoms with E-state index in [9.17, 15) is 19.2 Å². The molecule has 0 saturated carbocycles. The minimum absolute atomic E-state index is 0.00139. The second-order valence-electron chi connectivity index (χ2n) is 21.4. The second kappa shape index (κ2) is 24.7. The number of aryl methyl sites for hydroxylation is 2. The van der Waals surface area contributed by atoms with Crippen LogP contribution in [0.25, 0.3) is 0 Å². The highest BCUT2D eigenvalue weighted by Gasteiger charge is 2.43. The summed E-state index contributed by atoms with van der Waals surface area (Å²) in [4.78, 5) is 75.4. The molecule has 4 aliphatic rings. The zero-order valence-electron chi connectivity index (χ0n) is 44.4. The summed E-state index contributed by atoms with van der Waals surface area (Å²) in [5.41, 5.74) is 4.60. The fourth-order valence-corrected chi connectivity index (χ4v) is 11.3. The lowest BCUT2D eigenvalue weighted by atomic mass is 9.83. The van der Waals surface area contributed by atoms with Crippen LogP contribution in [-0.4, -0.2) is 139 Å². The largest absolute Gasteiger partial charge is 0.341 e. The zero-order valence-corrected chi connectivity index (χ0v) is 44.4. The van der Waals surface area contributed by atoms with Crippen LogP contribution in [-0.2, 0) is 45.6 Å². The van der Waals surface area contributed by atoms with Gasteiger partial charge in [0.2, 0.25) is 23.6 Å². The topological polar surface area (TPSA) is 141 Å². The van der Waals surface area contributed by atoms with Gasteiger partial charge in [-0.05, 0) is 121 Å². The molecule has 0 spiro atoms. The van der Waals surface area contributed by atoms with Gasteiger partial charge in [-0.25, -0.2) is 9.97 Å². The molecular weight excluding hydrogens is 841 g/mol. The monoisotopic (exact) mass is 933 g/mol. The molecular formula is C53H92N10O4. The smallest absolute Gasteiger partial charge is 0.245 e. The lowest BCUT2D eigenvalue weighted by molar-refractivity contribution is -0.151. The van der Waals surface area contributed by atoms with Gasteiger partial charge in [0, 0.05) is 90.2 Å². The summed E-state index contributed by atoms with van der Waals surface area (Å²) in [7, 11) is 2.09. The molecule has 0 radical (unpaired) electrons. The van der Waals surface area contributed by atoms with Gasteiger partial charge >= 0.3 is 0 Å². The molecule has 14 nitrogen and oxygen atoms in total. The van der Waals surface area contributed by atoms with Gasteiger partial charge in [-0.1, -0.05) is 55.4 Å². The number of hydrogen-bond donors (Lipinski definition) is 2. The predicted molar refractivity (Wildman–Crippen MR) is 268 cm³/mol. The summed E-state index contributed by atoms with van der Waals surface area (Å²) in [6.45, 7) is 33.5. The maximum absolute atomic E-state index is 14.8. The maximum Gasteiger partial charge on any atom is 0.245 e. The molecule has 0 aliphatic carbocycles. The number of rotatable bonds is 18. The number of nitrogens with one attached hydrogen (secondary N) is 2. The molecule has 4 unspecified atom stereocenters. The van der Waals surface area contributed by atoms with E-state index in [0.717, 1.165) is 74.5 Å². The van der Waals surface area contributed by atoms with Crippen molar-refractivity contribution in [3.8, 4) is 0 Å². The van der Waals surface area contributed by atoms with Crippen molar-refractivity contribution in [3.63, 3.8) is 0 Å². The van der Waals surface area contributed by atoms with E-state index in [2.05, 4.69) is 103 Å². The summed E-state index contributed by atoms with van der Waals surface area (Å²) < 4.78 is 4.52. The third-order valence-corrected chi connectivity index (χ3v) is 15.9. The second-order valence-corrected chi connectivity index (χ2v) is 21.4. The van der Waals surface area contributed by atoms with Gasteiger partial charge < -0.3 is 39.4 Å². The average Bonchev–Trinajstić information content (AvgIpc) is 3.72. The van der Waals surface area contributed by atoms with E-state index < -0.39 is 18.1 Å². The Hall–Kier alpha value is -3.78. The van der Waals surface area contributed by atoms with Gasteiger partial charge in [-0.15, -0.1) is 0 Å². The van der Waals surface area contributed by atoms with Crippen LogP contribution in [0.2, 0.25) is 0 Å².